The van der Waals surface area contributed by atoms with Gasteiger partial charge in [0.1, 0.15) is 0 Å². The van der Waals surface area contributed by atoms with Crippen LogP contribution < -0.4 is 5.73 Å². The quantitative estimate of drug-likeness (QED) is 0.360. The molecule has 3 N–H and O–H groups in total. The molecule has 0 saturated heterocycles. The molecule has 0 radical (unpaired) electrons. The van der Waals surface area contributed by atoms with Gasteiger partial charge >= 0.3 is 0 Å². The number of oxime groups is 1. The fraction of sp³-hybridized carbons (Fsp3) is 0. The third kappa shape index (κ3) is 1.85. The number of hydrogen-bond donors (Lipinski definition) is 2. The molecule has 16 heavy (non-hydrogen) atoms. The molecule has 0 atom stereocenters. The highest BCUT2D eigenvalue weighted by Gasteiger charge is 2.08. The molecule has 2 rings (SSSR count). The summed E-state index contributed by atoms with van der Waals surface area (Å²) in [7, 11) is 0. The van der Waals surface area contributed by atoms with Crippen molar-refractivity contribution < 1.29 is 5.21 Å². The zero-order valence-corrected chi connectivity index (χ0v) is 8.96. The molecule has 1 aromatic heterocycles. The van der Waals surface area contributed by atoms with E-state index in [2.05, 4.69) is 10.3 Å². The Bertz CT molecular complexity index is 535. The van der Waals surface area contributed by atoms with Crippen molar-refractivity contribution in [3.63, 3.8) is 0 Å². The van der Waals surface area contributed by atoms with Gasteiger partial charge in [-0.1, -0.05) is 28.9 Å². The average Bonchev–Trinajstić information content (AvgIpc) is 2.75. The lowest BCUT2D eigenvalue weighted by atomic mass is 10.1. The lowest BCUT2D eigenvalue weighted by Gasteiger charge is -2.07. The standard InChI is InChI=1S/C10H9ClN4O/c11-7-5-13-15(6-7)9-4-2-1-3-8(9)10(12)14-16/h1-6,16H,(H2,12,14). The smallest absolute Gasteiger partial charge is 0.172 e. The highest BCUT2D eigenvalue weighted by Crippen LogP contribution is 2.15. The number of nitrogens with zero attached hydrogens (tertiary/aromatic N) is 3. The normalized spacial score (nSPS) is 11.7. The third-order valence-electron chi connectivity index (χ3n) is 2.09. The van der Waals surface area contributed by atoms with Crippen LogP contribution in [0.15, 0.2) is 41.8 Å². The summed E-state index contributed by atoms with van der Waals surface area (Å²) < 4.78 is 1.57. The fourth-order valence-electron chi connectivity index (χ4n) is 1.38. The molecule has 5 nitrogen and oxygen atoms in total. The zero-order chi connectivity index (χ0) is 11.5. The number of benzene rings is 1. The van der Waals surface area contributed by atoms with Crippen molar-refractivity contribution in [1.82, 2.24) is 9.78 Å². The number of nitrogens with two attached hydrogens (primary N) is 1. The summed E-state index contributed by atoms with van der Waals surface area (Å²) in [5.41, 5.74) is 6.85. The average molecular weight is 237 g/mol. The molecule has 0 unspecified atom stereocenters. The number of rotatable bonds is 2. The van der Waals surface area contributed by atoms with Gasteiger partial charge in [0.05, 0.1) is 16.9 Å². The topological polar surface area (TPSA) is 76.4 Å². The van der Waals surface area contributed by atoms with Crippen LogP contribution in [0.3, 0.4) is 0 Å². The van der Waals surface area contributed by atoms with Crippen molar-refractivity contribution >= 4 is 17.4 Å². The third-order valence-corrected chi connectivity index (χ3v) is 2.28. The Morgan fingerprint density at radius 3 is 2.81 bits per heavy atom. The molecular formula is C10H9ClN4O. The van der Waals surface area contributed by atoms with Crippen LogP contribution in [0, 0.1) is 0 Å². The Morgan fingerprint density at radius 1 is 1.44 bits per heavy atom. The fourth-order valence-corrected chi connectivity index (χ4v) is 1.51. The van der Waals surface area contributed by atoms with Crippen molar-refractivity contribution in [2.75, 3.05) is 0 Å². The monoisotopic (exact) mass is 236 g/mol. The second kappa shape index (κ2) is 4.24. The maximum atomic E-state index is 8.67. The summed E-state index contributed by atoms with van der Waals surface area (Å²) in [6, 6.07) is 7.16. The van der Waals surface area contributed by atoms with E-state index >= 15 is 0 Å². The van der Waals surface area contributed by atoms with Crippen LogP contribution in [-0.4, -0.2) is 20.8 Å². The van der Waals surface area contributed by atoms with Crippen LogP contribution in [-0.2, 0) is 0 Å². The van der Waals surface area contributed by atoms with E-state index in [1.807, 2.05) is 6.07 Å². The molecule has 0 fully saturated rings. The lowest BCUT2D eigenvalue weighted by molar-refractivity contribution is 0.318. The summed E-state index contributed by atoms with van der Waals surface area (Å²) in [4.78, 5) is 0. The largest absolute Gasteiger partial charge is 0.409 e. The first-order valence-electron chi connectivity index (χ1n) is 4.50. The Hall–Kier alpha value is -2.01. The van der Waals surface area contributed by atoms with Crippen LogP contribution >= 0.6 is 11.6 Å². The summed E-state index contributed by atoms with van der Waals surface area (Å²) >= 11 is 5.78. The van der Waals surface area contributed by atoms with Crippen LogP contribution in [0.2, 0.25) is 5.02 Å². The van der Waals surface area contributed by atoms with Crippen LogP contribution in [0.5, 0.6) is 0 Å². The molecule has 0 amide bonds. The molecule has 0 aliphatic rings. The zero-order valence-electron chi connectivity index (χ0n) is 8.21. The van der Waals surface area contributed by atoms with E-state index in [9.17, 15) is 0 Å². The maximum Gasteiger partial charge on any atom is 0.172 e. The highest BCUT2D eigenvalue weighted by molar-refractivity contribution is 6.30. The number of hydrogen-bond acceptors (Lipinski definition) is 3. The number of aromatic nitrogens is 2. The minimum Gasteiger partial charge on any atom is -0.409 e. The Kier molecular flexibility index (Phi) is 2.78. The molecule has 0 bridgehead atoms. The summed E-state index contributed by atoms with van der Waals surface area (Å²) in [5.74, 6) is 0.0298. The van der Waals surface area contributed by atoms with Crippen LogP contribution in [0.25, 0.3) is 5.69 Å². The molecule has 6 heteroatoms. The van der Waals surface area contributed by atoms with Gasteiger partial charge in [-0.25, -0.2) is 4.68 Å². The second-order valence-electron chi connectivity index (χ2n) is 3.11. The number of para-hydroxylation sites is 1. The molecule has 0 aliphatic heterocycles. The van der Waals surface area contributed by atoms with E-state index in [1.165, 1.54) is 6.20 Å². The molecule has 0 aliphatic carbocycles. The van der Waals surface area contributed by atoms with Gasteiger partial charge in [-0.05, 0) is 12.1 Å². The Morgan fingerprint density at radius 2 is 2.19 bits per heavy atom. The lowest BCUT2D eigenvalue weighted by Crippen LogP contribution is -2.16. The van der Waals surface area contributed by atoms with E-state index < -0.39 is 0 Å². The van der Waals surface area contributed by atoms with Gasteiger partial charge in [0.2, 0.25) is 0 Å². The first-order chi connectivity index (χ1) is 7.72. The van der Waals surface area contributed by atoms with E-state index in [1.54, 1.807) is 29.1 Å². The van der Waals surface area contributed by atoms with Crippen molar-refractivity contribution in [2.45, 2.75) is 0 Å². The molecule has 1 aromatic carbocycles. The van der Waals surface area contributed by atoms with E-state index in [-0.39, 0.29) is 5.84 Å². The minimum atomic E-state index is 0.0298. The van der Waals surface area contributed by atoms with Crippen molar-refractivity contribution in [3.05, 3.63) is 47.2 Å². The van der Waals surface area contributed by atoms with Crippen molar-refractivity contribution in [1.29, 1.82) is 0 Å². The highest BCUT2D eigenvalue weighted by atomic mass is 35.5. The van der Waals surface area contributed by atoms with E-state index in [4.69, 9.17) is 22.5 Å². The first kappa shape index (κ1) is 10.5. The van der Waals surface area contributed by atoms with E-state index in [0.29, 0.717) is 16.3 Å². The van der Waals surface area contributed by atoms with Crippen LogP contribution in [0.4, 0.5) is 0 Å². The van der Waals surface area contributed by atoms with Gasteiger partial charge in [0.25, 0.3) is 0 Å². The minimum absolute atomic E-state index is 0.0298. The molecule has 1 heterocycles. The summed E-state index contributed by atoms with van der Waals surface area (Å²) in [6.07, 6.45) is 3.16. The maximum absolute atomic E-state index is 8.67. The van der Waals surface area contributed by atoms with Gasteiger partial charge < -0.3 is 10.9 Å². The van der Waals surface area contributed by atoms with Crippen molar-refractivity contribution in [2.24, 2.45) is 10.9 Å². The first-order valence-corrected chi connectivity index (χ1v) is 4.87. The van der Waals surface area contributed by atoms with Gasteiger partial charge in [-0.2, -0.15) is 5.10 Å². The van der Waals surface area contributed by atoms with Crippen molar-refractivity contribution in [3.8, 4) is 5.69 Å². The predicted molar refractivity (Wildman–Crippen MR) is 61.1 cm³/mol. The molecular weight excluding hydrogens is 228 g/mol. The summed E-state index contributed by atoms with van der Waals surface area (Å²) in [5, 5.41) is 16.2. The molecule has 0 spiro atoms. The summed E-state index contributed by atoms with van der Waals surface area (Å²) in [6.45, 7) is 0. The van der Waals surface area contributed by atoms with Gasteiger partial charge in [0.15, 0.2) is 5.84 Å². The SMILES string of the molecule is N/C(=N\O)c1ccccc1-n1cc(Cl)cn1. The second-order valence-corrected chi connectivity index (χ2v) is 3.54. The molecule has 82 valence electrons. The van der Waals surface area contributed by atoms with Gasteiger partial charge in [-0.15, -0.1) is 0 Å². The molecule has 0 saturated carbocycles. The number of halogens is 1. The van der Waals surface area contributed by atoms with Crippen LogP contribution in [0.1, 0.15) is 5.56 Å². The Labute approximate surface area is 96.7 Å². The van der Waals surface area contributed by atoms with Gasteiger partial charge in [-0.3, -0.25) is 0 Å². The van der Waals surface area contributed by atoms with E-state index in [0.717, 1.165) is 0 Å². The Balaban J connectivity index is 2.57. The molecule has 2 aromatic rings. The van der Waals surface area contributed by atoms with Gasteiger partial charge in [0, 0.05) is 11.8 Å². The predicted octanol–water partition coefficient (Wildman–Crippen LogP) is 1.62. The number of amidine groups is 1.